The molecular formula is C10H8BrN3O. The molecule has 0 amide bonds. The van der Waals surface area contributed by atoms with Crippen molar-refractivity contribution in [3.8, 4) is 5.69 Å². The lowest BCUT2D eigenvalue weighted by Gasteiger charge is -2.03. The zero-order valence-corrected chi connectivity index (χ0v) is 9.39. The molecule has 2 rings (SSSR count). The first-order valence-corrected chi connectivity index (χ1v) is 5.19. The molecule has 1 aromatic heterocycles. The number of halogens is 1. The fourth-order valence-electron chi connectivity index (χ4n) is 1.31. The van der Waals surface area contributed by atoms with Crippen molar-refractivity contribution >= 4 is 22.2 Å². The monoisotopic (exact) mass is 265 g/mol. The molecule has 0 atom stereocenters. The highest BCUT2D eigenvalue weighted by Crippen LogP contribution is 2.15. The van der Waals surface area contributed by atoms with E-state index in [4.69, 9.17) is 0 Å². The molecule has 0 saturated heterocycles. The summed E-state index contributed by atoms with van der Waals surface area (Å²) in [5.74, 6) is 0. The van der Waals surface area contributed by atoms with Crippen molar-refractivity contribution in [1.29, 1.82) is 0 Å². The van der Waals surface area contributed by atoms with Crippen molar-refractivity contribution in [2.75, 3.05) is 0 Å². The second-order valence-corrected chi connectivity index (χ2v) is 3.90. The van der Waals surface area contributed by atoms with Crippen LogP contribution in [0.25, 0.3) is 5.69 Å². The Morgan fingerprint density at radius 2 is 2.33 bits per heavy atom. The summed E-state index contributed by atoms with van der Waals surface area (Å²) < 4.78 is 2.62. The lowest BCUT2D eigenvalue weighted by Crippen LogP contribution is -2.02. The van der Waals surface area contributed by atoms with Gasteiger partial charge in [-0.1, -0.05) is 27.2 Å². The number of benzene rings is 1. The van der Waals surface area contributed by atoms with Crippen molar-refractivity contribution in [3.05, 3.63) is 40.6 Å². The number of hydrogen-bond acceptors (Lipinski definition) is 3. The first-order chi connectivity index (χ1) is 7.31. The minimum absolute atomic E-state index is 0.319. The molecule has 0 bridgehead atoms. The zero-order valence-electron chi connectivity index (χ0n) is 7.80. The molecule has 0 radical (unpaired) electrons. The summed E-state index contributed by atoms with van der Waals surface area (Å²) in [5, 5.41) is 7.72. The molecule has 5 heteroatoms. The van der Waals surface area contributed by atoms with Gasteiger partial charge >= 0.3 is 0 Å². The molecule has 76 valence electrons. The normalized spacial score (nSPS) is 10.2. The maximum Gasteiger partial charge on any atom is 0.126 e. The van der Waals surface area contributed by atoms with Crippen molar-refractivity contribution in [2.45, 2.75) is 6.42 Å². The molecule has 0 aliphatic rings. The predicted octanol–water partition coefficient (Wildman–Crippen LogP) is 1.77. The molecule has 15 heavy (non-hydrogen) atoms. The average molecular weight is 266 g/mol. The molecule has 0 fully saturated rings. The fourth-order valence-corrected chi connectivity index (χ4v) is 1.69. The highest BCUT2D eigenvalue weighted by atomic mass is 79.9. The van der Waals surface area contributed by atoms with Crippen LogP contribution in [0, 0.1) is 0 Å². The Morgan fingerprint density at radius 1 is 1.47 bits per heavy atom. The Balaban J connectivity index is 2.44. The minimum atomic E-state index is 0.319. The van der Waals surface area contributed by atoms with Crippen LogP contribution in [0.15, 0.2) is 34.9 Å². The Morgan fingerprint density at radius 3 is 3.07 bits per heavy atom. The van der Waals surface area contributed by atoms with E-state index in [-0.39, 0.29) is 0 Å². The standard InChI is InChI=1S/C10H8BrN3O/c11-8-2-1-3-9(6-8)14-10(4-5-15)7-12-13-14/h1-3,5-7H,4H2. The van der Waals surface area contributed by atoms with Crippen molar-refractivity contribution < 1.29 is 4.79 Å². The lowest BCUT2D eigenvalue weighted by molar-refractivity contribution is -0.107. The van der Waals surface area contributed by atoms with Gasteiger partial charge in [0.25, 0.3) is 0 Å². The van der Waals surface area contributed by atoms with E-state index in [2.05, 4.69) is 26.2 Å². The van der Waals surface area contributed by atoms with Crippen LogP contribution in [0.4, 0.5) is 0 Å². The maximum absolute atomic E-state index is 10.4. The first kappa shape index (κ1) is 10.0. The molecule has 0 saturated carbocycles. The maximum atomic E-state index is 10.4. The van der Waals surface area contributed by atoms with Crippen LogP contribution in [0.2, 0.25) is 0 Å². The highest BCUT2D eigenvalue weighted by molar-refractivity contribution is 9.10. The number of carbonyl (C=O) groups excluding carboxylic acids is 1. The SMILES string of the molecule is O=CCc1cnnn1-c1cccc(Br)c1. The molecule has 4 nitrogen and oxygen atoms in total. The van der Waals surface area contributed by atoms with Gasteiger partial charge in [-0.05, 0) is 18.2 Å². The second-order valence-electron chi connectivity index (χ2n) is 2.99. The van der Waals surface area contributed by atoms with Gasteiger partial charge in [-0.3, -0.25) is 0 Å². The van der Waals surface area contributed by atoms with Gasteiger partial charge < -0.3 is 4.79 Å². The third-order valence-corrected chi connectivity index (χ3v) is 2.46. The summed E-state index contributed by atoms with van der Waals surface area (Å²) in [4.78, 5) is 10.4. The third kappa shape index (κ3) is 2.12. The number of aromatic nitrogens is 3. The third-order valence-electron chi connectivity index (χ3n) is 1.97. The number of carbonyl (C=O) groups is 1. The van der Waals surface area contributed by atoms with Gasteiger partial charge in [0.05, 0.1) is 17.6 Å². The molecule has 2 aromatic rings. The van der Waals surface area contributed by atoms with Gasteiger partial charge in [0.15, 0.2) is 0 Å². The van der Waals surface area contributed by atoms with Gasteiger partial charge in [0, 0.05) is 10.9 Å². The number of rotatable bonds is 3. The van der Waals surface area contributed by atoms with E-state index in [1.807, 2.05) is 24.3 Å². The molecule has 0 N–H and O–H groups in total. The summed E-state index contributed by atoms with van der Waals surface area (Å²) in [7, 11) is 0. The Kier molecular flexibility index (Phi) is 2.91. The van der Waals surface area contributed by atoms with E-state index < -0.39 is 0 Å². The van der Waals surface area contributed by atoms with Crippen LogP contribution < -0.4 is 0 Å². The number of nitrogens with zero attached hydrogens (tertiary/aromatic N) is 3. The predicted molar refractivity (Wildman–Crippen MR) is 58.8 cm³/mol. The second kappa shape index (κ2) is 4.35. The summed E-state index contributed by atoms with van der Waals surface area (Å²) >= 11 is 3.38. The van der Waals surface area contributed by atoms with Crippen LogP contribution in [-0.4, -0.2) is 21.3 Å². The first-order valence-electron chi connectivity index (χ1n) is 4.40. The number of aldehydes is 1. The van der Waals surface area contributed by atoms with Crippen LogP contribution in [0.1, 0.15) is 5.69 Å². The largest absolute Gasteiger partial charge is 0.303 e. The van der Waals surface area contributed by atoms with Gasteiger partial charge in [-0.25, -0.2) is 4.68 Å². The van der Waals surface area contributed by atoms with Crippen molar-refractivity contribution in [3.63, 3.8) is 0 Å². The van der Waals surface area contributed by atoms with Crippen LogP contribution in [0.5, 0.6) is 0 Å². The fraction of sp³-hybridized carbons (Fsp3) is 0.100. The summed E-state index contributed by atoms with van der Waals surface area (Å²) in [6, 6.07) is 7.67. The van der Waals surface area contributed by atoms with Gasteiger partial charge in [-0.2, -0.15) is 0 Å². The Labute approximate surface area is 95.0 Å². The lowest BCUT2D eigenvalue weighted by atomic mass is 10.3. The summed E-state index contributed by atoms with van der Waals surface area (Å²) in [6.45, 7) is 0. The molecular weight excluding hydrogens is 258 g/mol. The van der Waals surface area contributed by atoms with E-state index in [0.717, 1.165) is 22.1 Å². The van der Waals surface area contributed by atoms with Crippen LogP contribution >= 0.6 is 15.9 Å². The molecule has 0 spiro atoms. The molecule has 1 heterocycles. The summed E-state index contributed by atoms with van der Waals surface area (Å²) in [6.07, 6.45) is 2.75. The zero-order chi connectivity index (χ0) is 10.7. The van der Waals surface area contributed by atoms with Gasteiger partial charge in [-0.15, -0.1) is 5.10 Å². The highest BCUT2D eigenvalue weighted by Gasteiger charge is 2.05. The summed E-state index contributed by atoms with van der Waals surface area (Å²) in [5.41, 5.74) is 1.67. The van der Waals surface area contributed by atoms with E-state index in [0.29, 0.717) is 6.42 Å². The van der Waals surface area contributed by atoms with E-state index in [1.165, 1.54) is 0 Å². The van der Waals surface area contributed by atoms with E-state index >= 15 is 0 Å². The smallest absolute Gasteiger partial charge is 0.126 e. The quantitative estimate of drug-likeness (QED) is 0.795. The Hall–Kier alpha value is -1.49. The van der Waals surface area contributed by atoms with Gasteiger partial charge in [0.1, 0.15) is 6.29 Å². The molecule has 1 aromatic carbocycles. The Bertz CT molecular complexity index is 481. The molecule has 0 aliphatic carbocycles. The number of hydrogen-bond donors (Lipinski definition) is 0. The van der Waals surface area contributed by atoms with Crippen LogP contribution in [-0.2, 0) is 11.2 Å². The van der Waals surface area contributed by atoms with E-state index in [9.17, 15) is 4.79 Å². The van der Waals surface area contributed by atoms with Crippen molar-refractivity contribution in [2.24, 2.45) is 0 Å². The van der Waals surface area contributed by atoms with Crippen molar-refractivity contribution in [1.82, 2.24) is 15.0 Å². The van der Waals surface area contributed by atoms with E-state index in [1.54, 1.807) is 10.9 Å². The topological polar surface area (TPSA) is 47.8 Å². The molecule has 0 aliphatic heterocycles. The molecule has 0 unspecified atom stereocenters. The average Bonchev–Trinajstić information content (AvgIpc) is 2.66. The van der Waals surface area contributed by atoms with Gasteiger partial charge in [0.2, 0.25) is 0 Å². The van der Waals surface area contributed by atoms with Crippen LogP contribution in [0.3, 0.4) is 0 Å². The minimum Gasteiger partial charge on any atom is -0.303 e.